The molecule has 0 amide bonds. The van der Waals surface area contributed by atoms with E-state index in [9.17, 15) is 23.4 Å². The third-order valence-corrected chi connectivity index (χ3v) is 6.37. The molecule has 4 unspecified atom stereocenters. The maximum atomic E-state index is 13.7. The number of aromatic nitrogens is 7. The van der Waals surface area contributed by atoms with Crippen LogP contribution in [0.4, 0.5) is 13.2 Å². The summed E-state index contributed by atoms with van der Waals surface area (Å²) in [6, 6.07) is 0.915. The first-order valence-electron chi connectivity index (χ1n) is 10.2. The highest BCUT2D eigenvalue weighted by molar-refractivity contribution is 7.09. The van der Waals surface area contributed by atoms with Gasteiger partial charge in [0.2, 0.25) is 0 Å². The number of halogens is 3. The SMILES string of the molecule is OCC1OC(c2nncn2Cc2nccs2)CC(n2cc(-c3cc(F)c(F)c(F)c3)nn2)C1O. The van der Waals surface area contributed by atoms with E-state index in [1.165, 1.54) is 22.2 Å². The van der Waals surface area contributed by atoms with Crippen molar-refractivity contribution in [2.45, 2.75) is 37.3 Å². The molecule has 0 radical (unpaired) electrons. The van der Waals surface area contributed by atoms with Gasteiger partial charge in [0.25, 0.3) is 0 Å². The lowest BCUT2D eigenvalue weighted by atomic mass is 9.95. The number of aliphatic hydroxyl groups excluding tert-OH is 2. The van der Waals surface area contributed by atoms with Crippen molar-refractivity contribution in [2.75, 3.05) is 6.61 Å². The Kier molecular flexibility index (Phi) is 6.12. The van der Waals surface area contributed by atoms with Crippen LogP contribution in [0.3, 0.4) is 0 Å². The standard InChI is InChI=1S/C20H18F3N7O3S/c21-11-3-10(4-12(22)18(11)23)13-6-30(28-26-13)14-5-15(33-16(8-31)19(14)32)20-27-25-9-29(20)7-17-24-1-2-34-17/h1-4,6,9,14-16,19,31-32H,5,7-8H2. The van der Waals surface area contributed by atoms with Gasteiger partial charge in [-0.1, -0.05) is 5.21 Å². The molecule has 1 aromatic carbocycles. The molecule has 1 saturated heterocycles. The molecule has 5 rings (SSSR count). The van der Waals surface area contributed by atoms with E-state index < -0.39 is 48.4 Å². The molecular formula is C20H18F3N7O3S. The van der Waals surface area contributed by atoms with Gasteiger partial charge in [-0.3, -0.25) is 0 Å². The average molecular weight is 493 g/mol. The minimum absolute atomic E-state index is 0.0114. The molecule has 1 fully saturated rings. The lowest BCUT2D eigenvalue weighted by Crippen LogP contribution is -2.45. The van der Waals surface area contributed by atoms with Crippen LogP contribution >= 0.6 is 11.3 Å². The topological polar surface area (TPSA) is 124 Å². The molecule has 4 heterocycles. The molecule has 0 saturated carbocycles. The molecule has 4 aromatic rings. The van der Waals surface area contributed by atoms with E-state index >= 15 is 0 Å². The monoisotopic (exact) mass is 493 g/mol. The van der Waals surface area contributed by atoms with Crippen molar-refractivity contribution >= 4 is 11.3 Å². The number of ether oxygens (including phenoxy) is 1. The van der Waals surface area contributed by atoms with Crippen LogP contribution in [-0.2, 0) is 11.3 Å². The highest BCUT2D eigenvalue weighted by Crippen LogP contribution is 2.37. The lowest BCUT2D eigenvalue weighted by molar-refractivity contribution is -0.161. The molecule has 178 valence electrons. The van der Waals surface area contributed by atoms with Crippen molar-refractivity contribution in [3.8, 4) is 11.3 Å². The summed E-state index contributed by atoms with van der Waals surface area (Å²) in [7, 11) is 0. The third kappa shape index (κ3) is 4.20. The minimum Gasteiger partial charge on any atom is -0.394 e. The van der Waals surface area contributed by atoms with Gasteiger partial charge in [-0.2, -0.15) is 0 Å². The van der Waals surface area contributed by atoms with Crippen LogP contribution in [0.1, 0.15) is 29.4 Å². The van der Waals surface area contributed by atoms with E-state index in [-0.39, 0.29) is 17.7 Å². The highest BCUT2D eigenvalue weighted by Gasteiger charge is 2.41. The fourth-order valence-corrected chi connectivity index (χ4v) is 4.54. The number of nitrogens with zero attached hydrogens (tertiary/aromatic N) is 7. The van der Waals surface area contributed by atoms with Gasteiger partial charge in [0.1, 0.15) is 35.3 Å². The van der Waals surface area contributed by atoms with Crippen LogP contribution in [0.5, 0.6) is 0 Å². The van der Waals surface area contributed by atoms with Crippen molar-refractivity contribution in [2.24, 2.45) is 0 Å². The zero-order chi connectivity index (χ0) is 23.8. The van der Waals surface area contributed by atoms with Crippen molar-refractivity contribution in [1.82, 2.24) is 34.7 Å². The maximum Gasteiger partial charge on any atom is 0.194 e. The molecular weight excluding hydrogens is 475 g/mol. The lowest BCUT2D eigenvalue weighted by Gasteiger charge is -2.38. The van der Waals surface area contributed by atoms with E-state index in [4.69, 9.17) is 4.74 Å². The summed E-state index contributed by atoms with van der Waals surface area (Å²) in [5.74, 6) is -3.80. The zero-order valence-electron chi connectivity index (χ0n) is 17.4. The number of hydrogen-bond donors (Lipinski definition) is 2. The number of thiazole rings is 1. The van der Waals surface area contributed by atoms with Crippen molar-refractivity contribution in [3.05, 3.63) is 64.5 Å². The first kappa shape index (κ1) is 22.6. The Morgan fingerprint density at radius 2 is 1.97 bits per heavy atom. The summed E-state index contributed by atoms with van der Waals surface area (Å²) in [5, 5.41) is 39.3. The Labute approximate surface area is 194 Å². The van der Waals surface area contributed by atoms with Crippen molar-refractivity contribution in [1.29, 1.82) is 0 Å². The first-order chi connectivity index (χ1) is 16.4. The molecule has 0 aliphatic carbocycles. The predicted molar refractivity (Wildman–Crippen MR) is 111 cm³/mol. The molecule has 1 aliphatic rings. The van der Waals surface area contributed by atoms with E-state index in [0.29, 0.717) is 12.4 Å². The number of hydrogen-bond acceptors (Lipinski definition) is 9. The Morgan fingerprint density at radius 3 is 2.68 bits per heavy atom. The second-order valence-electron chi connectivity index (χ2n) is 7.72. The summed E-state index contributed by atoms with van der Waals surface area (Å²) < 4.78 is 49.6. The van der Waals surface area contributed by atoms with E-state index in [1.54, 1.807) is 17.1 Å². The number of benzene rings is 1. The Hall–Kier alpha value is -3.20. The fraction of sp³-hybridized carbons (Fsp3) is 0.350. The molecule has 2 N–H and O–H groups in total. The van der Waals surface area contributed by atoms with Crippen molar-refractivity contribution in [3.63, 3.8) is 0 Å². The van der Waals surface area contributed by atoms with Crippen LogP contribution in [0, 0.1) is 17.5 Å². The van der Waals surface area contributed by atoms with Crippen LogP contribution in [0.2, 0.25) is 0 Å². The molecule has 14 heteroatoms. The maximum absolute atomic E-state index is 13.7. The summed E-state index contributed by atoms with van der Waals surface area (Å²) in [6.07, 6.45) is 2.05. The molecule has 0 spiro atoms. The molecule has 1 aliphatic heterocycles. The summed E-state index contributed by atoms with van der Waals surface area (Å²) in [5.41, 5.74) is 0.0724. The van der Waals surface area contributed by atoms with Gasteiger partial charge in [0.05, 0.1) is 25.4 Å². The third-order valence-electron chi connectivity index (χ3n) is 5.60. The first-order valence-corrected chi connectivity index (χ1v) is 11.1. The zero-order valence-corrected chi connectivity index (χ0v) is 18.2. The van der Waals surface area contributed by atoms with E-state index in [2.05, 4.69) is 25.5 Å². The fourth-order valence-electron chi connectivity index (χ4n) is 3.92. The largest absolute Gasteiger partial charge is 0.394 e. The summed E-state index contributed by atoms with van der Waals surface area (Å²) in [4.78, 5) is 4.25. The van der Waals surface area contributed by atoms with Crippen LogP contribution in [-0.4, -0.2) is 63.8 Å². The van der Waals surface area contributed by atoms with Gasteiger partial charge in [-0.25, -0.2) is 22.8 Å². The smallest absolute Gasteiger partial charge is 0.194 e. The molecule has 3 aromatic heterocycles. The highest BCUT2D eigenvalue weighted by atomic mass is 32.1. The molecule has 10 nitrogen and oxygen atoms in total. The van der Waals surface area contributed by atoms with Gasteiger partial charge < -0.3 is 19.5 Å². The van der Waals surface area contributed by atoms with Gasteiger partial charge in [0, 0.05) is 23.6 Å². The second-order valence-corrected chi connectivity index (χ2v) is 8.70. The van der Waals surface area contributed by atoms with E-state index in [1.807, 2.05) is 5.38 Å². The summed E-state index contributed by atoms with van der Waals surface area (Å²) >= 11 is 1.48. The van der Waals surface area contributed by atoms with Gasteiger partial charge in [-0.15, -0.1) is 26.6 Å². The van der Waals surface area contributed by atoms with Crippen molar-refractivity contribution < 1.29 is 28.1 Å². The van der Waals surface area contributed by atoms with Gasteiger partial charge >= 0.3 is 0 Å². The normalized spacial score (nSPS) is 22.9. The van der Waals surface area contributed by atoms with Gasteiger partial charge in [0.15, 0.2) is 23.3 Å². The minimum atomic E-state index is -1.58. The van der Waals surface area contributed by atoms with Gasteiger partial charge in [-0.05, 0) is 12.1 Å². The molecule has 4 atom stereocenters. The van der Waals surface area contributed by atoms with Crippen LogP contribution in [0.15, 0.2) is 36.2 Å². The number of aliphatic hydroxyl groups is 2. The Bertz CT molecular complexity index is 1260. The van der Waals surface area contributed by atoms with Crippen LogP contribution in [0.25, 0.3) is 11.3 Å². The Balaban J connectivity index is 1.43. The molecule has 34 heavy (non-hydrogen) atoms. The summed E-state index contributed by atoms with van der Waals surface area (Å²) in [6.45, 7) is -0.0449. The number of rotatable bonds is 6. The second kappa shape index (κ2) is 9.21. The molecule has 0 bridgehead atoms. The van der Waals surface area contributed by atoms with Crippen LogP contribution < -0.4 is 0 Å². The quantitative estimate of drug-likeness (QED) is 0.390. The predicted octanol–water partition coefficient (Wildman–Crippen LogP) is 1.88. The Morgan fingerprint density at radius 1 is 1.18 bits per heavy atom. The average Bonchev–Trinajstić information content (AvgIpc) is 3.60. The van der Waals surface area contributed by atoms with E-state index in [0.717, 1.165) is 17.1 Å².